The van der Waals surface area contributed by atoms with Gasteiger partial charge in [0.25, 0.3) is 0 Å². The van der Waals surface area contributed by atoms with Crippen molar-refractivity contribution in [1.82, 2.24) is 20.4 Å². The lowest BCUT2D eigenvalue weighted by Crippen LogP contribution is -2.29. The van der Waals surface area contributed by atoms with Crippen molar-refractivity contribution in [3.63, 3.8) is 0 Å². The molecular weight excluding hydrogens is 282 g/mol. The van der Waals surface area contributed by atoms with Gasteiger partial charge in [-0.2, -0.15) is 0 Å². The topological polar surface area (TPSA) is 76.7 Å². The van der Waals surface area contributed by atoms with Crippen LogP contribution in [0, 0.1) is 13.8 Å². The summed E-state index contributed by atoms with van der Waals surface area (Å²) in [4.78, 5) is 14.5. The minimum absolute atomic E-state index is 0.0151. The maximum atomic E-state index is 5.73. The number of hydrogen-bond acceptors (Lipinski definition) is 6. The number of benzene rings is 1. The minimum Gasteiger partial charge on any atom is -0.271 e. The van der Waals surface area contributed by atoms with Gasteiger partial charge in [0.15, 0.2) is 0 Å². The Morgan fingerprint density at radius 2 is 1.95 bits per heavy atom. The number of thiazole rings is 1. The van der Waals surface area contributed by atoms with Crippen molar-refractivity contribution in [2.24, 2.45) is 5.84 Å². The lowest BCUT2D eigenvalue weighted by atomic mass is 10.0. The van der Waals surface area contributed by atoms with Crippen molar-refractivity contribution in [2.75, 3.05) is 0 Å². The molecule has 0 radical (unpaired) electrons. The molecule has 1 aromatic carbocycles. The van der Waals surface area contributed by atoms with E-state index in [1.807, 2.05) is 25.1 Å². The molecule has 2 aromatic heterocycles. The molecule has 0 aliphatic rings. The van der Waals surface area contributed by atoms with Crippen LogP contribution < -0.4 is 11.3 Å². The van der Waals surface area contributed by atoms with Gasteiger partial charge in [-0.3, -0.25) is 21.2 Å². The van der Waals surface area contributed by atoms with E-state index in [1.165, 1.54) is 4.88 Å². The molecule has 0 aliphatic carbocycles. The molecule has 0 saturated carbocycles. The Balaban J connectivity index is 1.90. The van der Waals surface area contributed by atoms with Crippen molar-refractivity contribution in [3.8, 4) is 0 Å². The van der Waals surface area contributed by atoms with Crippen molar-refractivity contribution in [3.05, 3.63) is 51.7 Å². The summed E-state index contributed by atoms with van der Waals surface area (Å²) in [5.74, 6) is 5.73. The molecule has 5 nitrogen and oxygen atoms in total. The van der Waals surface area contributed by atoms with Gasteiger partial charge >= 0.3 is 0 Å². The van der Waals surface area contributed by atoms with Gasteiger partial charge in [-0.05, 0) is 31.5 Å². The molecule has 1 unspecified atom stereocenters. The van der Waals surface area contributed by atoms with Gasteiger partial charge in [0, 0.05) is 23.7 Å². The first kappa shape index (κ1) is 14.1. The van der Waals surface area contributed by atoms with Gasteiger partial charge in [-0.1, -0.05) is 6.07 Å². The fourth-order valence-electron chi connectivity index (χ4n) is 2.27. The van der Waals surface area contributed by atoms with E-state index in [0.717, 1.165) is 33.7 Å². The molecule has 1 atom stereocenters. The third-order valence-electron chi connectivity index (χ3n) is 3.55. The number of hydrogen-bond donors (Lipinski definition) is 2. The summed E-state index contributed by atoms with van der Waals surface area (Å²) in [6.45, 7) is 4.12. The molecule has 0 saturated heterocycles. The molecule has 3 N–H and O–H groups in total. The molecule has 0 bridgehead atoms. The molecular formula is C15H17N5S. The number of fused-ring (bicyclic) bond motifs is 1. The van der Waals surface area contributed by atoms with Crippen LogP contribution >= 0.6 is 11.3 Å². The first-order valence-corrected chi connectivity index (χ1v) is 7.58. The molecule has 3 aromatic rings. The Hall–Kier alpha value is -1.89. The van der Waals surface area contributed by atoms with Gasteiger partial charge in [0.2, 0.25) is 0 Å². The fraction of sp³-hybridized carbons (Fsp3) is 0.267. The van der Waals surface area contributed by atoms with E-state index >= 15 is 0 Å². The molecule has 6 heteroatoms. The van der Waals surface area contributed by atoms with Crippen LogP contribution in [0.15, 0.2) is 30.6 Å². The minimum atomic E-state index is 0.0151. The van der Waals surface area contributed by atoms with E-state index in [1.54, 1.807) is 23.7 Å². The second kappa shape index (κ2) is 5.85. The van der Waals surface area contributed by atoms with Crippen LogP contribution in [0.1, 0.15) is 27.2 Å². The van der Waals surface area contributed by atoms with Crippen LogP contribution in [0.2, 0.25) is 0 Å². The summed E-state index contributed by atoms with van der Waals surface area (Å²) in [6, 6.07) is 6.05. The van der Waals surface area contributed by atoms with Crippen molar-refractivity contribution >= 4 is 22.4 Å². The molecule has 0 amide bonds. The number of aryl methyl sites for hydroxylation is 2. The lowest BCUT2D eigenvalue weighted by molar-refractivity contribution is 0.551. The number of hydrazine groups is 1. The van der Waals surface area contributed by atoms with E-state index in [4.69, 9.17) is 5.84 Å². The molecule has 0 fully saturated rings. The summed E-state index contributed by atoms with van der Waals surface area (Å²) in [6.07, 6.45) is 4.16. The Labute approximate surface area is 127 Å². The average Bonchev–Trinajstić information content (AvgIpc) is 2.82. The summed E-state index contributed by atoms with van der Waals surface area (Å²) >= 11 is 1.72. The number of nitrogens with one attached hydrogen (secondary N) is 1. The van der Waals surface area contributed by atoms with Gasteiger partial charge in [0.1, 0.15) is 0 Å². The smallest absolute Gasteiger partial charge is 0.0950 e. The third kappa shape index (κ3) is 2.92. The highest BCUT2D eigenvalue weighted by atomic mass is 32.1. The summed E-state index contributed by atoms with van der Waals surface area (Å²) in [7, 11) is 0. The highest BCUT2D eigenvalue weighted by molar-refractivity contribution is 7.11. The van der Waals surface area contributed by atoms with Gasteiger partial charge < -0.3 is 0 Å². The van der Waals surface area contributed by atoms with Gasteiger partial charge in [0.05, 0.1) is 27.8 Å². The summed E-state index contributed by atoms with van der Waals surface area (Å²) < 4.78 is 0. The van der Waals surface area contributed by atoms with Crippen LogP contribution in [0.4, 0.5) is 0 Å². The van der Waals surface area contributed by atoms with E-state index in [-0.39, 0.29) is 6.04 Å². The van der Waals surface area contributed by atoms with Crippen LogP contribution in [0.3, 0.4) is 0 Å². The molecule has 0 spiro atoms. The van der Waals surface area contributed by atoms with Gasteiger partial charge in [-0.15, -0.1) is 11.3 Å². The average molecular weight is 299 g/mol. The van der Waals surface area contributed by atoms with Crippen molar-refractivity contribution in [2.45, 2.75) is 26.3 Å². The first-order chi connectivity index (χ1) is 10.2. The van der Waals surface area contributed by atoms with Crippen molar-refractivity contribution < 1.29 is 0 Å². The maximum Gasteiger partial charge on any atom is 0.0950 e. The lowest BCUT2D eigenvalue weighted by Gasteiger charge is -2.15. The van der Waals surface area contributed by atoms with E-state index in [2.05, 4.69) is 27.3 Å². The van der Waals surface area contributed by atoms with Crippen LogP contribution in [0.25, 0.3) is 11.0 Å². The predicted molar refractivity (Wildman–Crippen MR) is 84.9 cm³/mol. The fourth-order valence-corrected chi connectivity index (χ4v) is 3.25. The maximum absolute atomic E-state index is 5.73. The standard InChI is InChI=1S/C15H17N5S/c1-9-10(2)21-15(19-9)8-13(20-16)11-3-4-12-14(7-11)18-6-5-17-12/h3-7,13,20H,8,16H2,1-2H3. The zero-order valence-corrected chi connectivity index (χ0v) is 12.8. The second-order valence-electron chi connectivity index (χ2n) is 4.98. The largest absolute Gasteiger partial charge is 0.271 e. The number of nitrogens with zero attached hydrogens (tertiary/aromatic N) is 3. The molecule has 3 rings (SSSR count). The zero-order chi connectivity index (χ0) is 14.8. The third-order valence-corrected chi connectivity index (χ3v) is 4.64. The molecule has 108 valence electrons. The number of nitrogens with two attached hydrogens (primary N) is 1. The quantitative estimate of drug-likeness (QED) is 0.571. The first-order valence-electron chi connectivity index (χ1n) is 6.77. The van der Waals surface area contributed by atoms with Crippen molar-refractivity contribution in [1.29, 1.82) is 0 Å². The normalized spacial score (nSPS) is 12.7. The number of aromatic nitrogens is 3. The van der Waals surface area contributed by atoms with Crippen LogP contribution in [0.5, 0.6) is 0 Å². The van der Waals surface area contributed by atoms with E-state index in [9.17, 15) is 0 Å². The van der Waals surface area contributed by atoms with E-state index in [0.29, 0.717) is 0 Å². The predicted octanol–water partition coefficient (Wildman–Crippen LogP) is 2.45. The number of rotatable bonds is 4. The molecule has 2 heterocycles. The van der Waals surface area contributed by atoms with Crippen LogP contribution in [-0.4, -0.2) is 15.0 Å². The second-order valence-corrected chi connectivity index (χ2v) is 6.26. The highest BCUT2D eigenvalue weighted by Gasteiger charge is 2.14. The Morgan fingerprint density at radius 1 is 1.19 bits per heavy atom. The molecule has 0 aliphatic heterocycles. The summed E-state index contributed by atoms with van der Waals surface area (Å²) in [5, 5.41) is 1.09. The van der Waals surface area contributed by atoms with Crippen LogP contribution in [-0.2, 0) is 6.42 Å². The van der Waals surface area contributed by atoms with Gasteiger partial charge in [-0.25, -0.2) is 4.98 Å². The summed E-state index contributed by atoms with van der Waals surface area (Å²) in [5.41, 5.74) is 6.83. The Kier molecular flexibility index (Phi) is 3.92. The SMILES string of the molecule is Cc1nc(CC(NN)c2ccc3nccnc3c2)sc1C. The zero-order valence-electron chi connectivity index (χ0n) is 12.0. The Bertz CT molecular complexity index is 748. The molecule has 21 heavy (non-hydrogen) atoms. The Morgan fingerprint density at radius 3 is 2.62 bits per heavy atom. The monoisotopic (exact) mass is 299 g/mol. The highest BCUT2D eigenvalue weighted by Crippen LogP contribution is 2.24. The van der Waals surface area contributed by atoms with E-state index < -0.39 is 0 Å².